The molecule has 1 atom stereocenters. The second-order valence-electron chi connectivity index (χ2n) is 4.20. The maximum Gasteiger partial charge on any atom is 0.327 e. The lowest BCUT2D eigenvalue weighted by Gasteiger charge is -2.10. The fraction of sp³-hybridized carbons (Fsp3) is 0.133. The minimum atomic E-state index is -0.902. The second kappa shape index (κ2) is 6.13. The van der Waals surface area contributed by atoms with Crippen LogP contribution in [0.5, 0.6) is 0 Å². The first kappa shape index (κ1) is 13.3. The number of aliphatic hydroxyl groups excluding tert-OH is 1. The van der Waals surface area contributed by atoms with E-state index in [0.29, 0.717) is 5.56 Å². The van der Waals surface area contributed by atoms with Gasteiger partial charge in [-0.2, -0.15) is 5.90 Å². The lowest BCUT2D eigenvalue weighted by Crippen LogP contribution is -2.13. The summed E-state index contributed by atoms with van der Waals surface area (Å²) in [4.78, 5) is 15.0. The van der Waals surface area contributed by atoms with Gasteiger partial charge in [0.1, 0.15) is 0 Å². The van der Waals surface area contributed by atoms with Crippen molar-refractivity contribution in [2.24, 2.45) is 5.90 Å². The molecule has 2 aromatic carbocycles. The molecule has 0 heterocycles. The van der Waals surface area contributed by atoms with Crippen LogP contribution in [-0.4, -0.2) is 11.1 Å². The van der Waals surface area contributed by atoms with E-state index in [2.05, 4.69) is 4.84 Å². The number of hydrogen-bond acceptors (Lipinski definition) is 4. The van der Waals surface area contributed by atoms with E-state index in [1.54, 1.807) is 12.1 Å². The predicted molar refractivity (Wildman–Crippen MR) is 71.7 cm³/mol. The van der Waals surface area contributed by atoms with E-state index in [4.69, 9.17) is 5.90 Å². The fourth-order valence-electron chi connectivity index (χ4n) is 1.85. The Bertz CT molecular complexity index is 537. The van der Waals surface area contributed by atoms with E-state index in [1.807, 2.05) is 42.5 Å². The summed E-state index contributed by atoms with van der Waals surface area (Å²) in [5.74, 6) is 4.10. The van der Waals surface area contributed by atoms with E-state index in [-0.39, 0.29) is 6.42 Å². The summed E-state index contributed by atoms with van der Waals surface area (Å²) < 4.78 is 0. The molecule has 0 saturated carbocycles. The Balaban J connectivity index is 2.12. The van der Waals surface area contributed by atoms with Crippen molar-refractivity contribution < 1.29 is 14.7 Å². The van der Waals surface area contributed by atoms with Gasteiger partial charge in [0, 0.05) is 0 Å². The Kier molecular flexibility index (Phi) is 4.28. The lowest BCUT2D eigenvalue weighted by atomic mass is 10.0. The normalized spacial score (nSPS) is 11.9. The monoisotopic (exact) mass is 257 g/mol. The Hall–Kier alpha value is -2.17. The number of nitrogens with two attached hydrogens (primary N) is 1. The van der Waals surface area contributed by atoms with Crippen molar-refractivity contribution in [3.8, 4) is 11.1 Å². The zero-order chi connectivity index (χ0) is 13.7. The minimum absolute atomic E-state index is 0.152. The summed E-state index contributed by atoms with van der Waals surface area (Å²) in [5, 5.41) is 9.83. The first-order chi connectivity index (χ1) is 9.20. The van der Waals surface area contributed by atoms with Gasteiger partial charge in [-0.3, -0.25) is 4.79 Å². The molecular formula is C15H15NO3. The van der Waals surface area contributed by atoms with Crippen molar-refractivity contribution >= 4 is 5.97 Å². The molecule has 1 unspecified atom stereocenters. The van der Waals surface area contributed by atoms with Gasteiger partial charge in [-0.25, -0.2) is 0 Å². The number of hydrogen-bond donors (Lipinski definition) is 2. The number of benzene rings is 2. The molecule has 2 aromatic rings. The molecule has 0 aliphatic rings. The highest BCUT2D eigenvalue weighted by Crippen LogP contribution is 2.23. The topological polar surface area (TPSA) is 72.5 Å². The minimum Gasteiger partial charge on any atom is -0.388 e. The van der Waals surface area contributed by atoms with Gasteiger partial charge in [0.2, 0.25) is 0 Å². The summed E-state index contributed by atoms with van der Waals surface area (Å²) in [6.07, 6.45) is -1.05. The van der Waals surface area contributed by atoms with Crippen LogP contribution in [0.15, 0.2) is 54.6 Å². The standard InChI is InChI=1S/C15H15NO3/c16-19-15(18)10-14(17)13-8-6-12(7-9-13)11-4-2-1-3-5-11/h1-9,14,17H,10,16H2. The Morgan fingerprint density at radius 2 is 1.63 bits per heavy atom. The maximum absolute atomic E-state index is 11.0. The molecule has 0 bridgehead atoms. The lowest BCUT2D eigenvalue weighted by molar-refractivity contribution is -0.146. The molecular weight excluding hydrogens is 242 g/mol. The number of rotatable bonds is 4. The number of carbonyl (C=O) groups excluding carboxylic acids is 1. The summed E-state index contributed by atoms with van der Waals surface area (Å²) in [6, 6.07) is 17.3. The van der Waals surface area contributed by atoms with E-state index < -0.39 is 12.1 Å². The van der Waals surface area contributed by atoms with Crippen LogP contribution in [0, 0.1) is 0 Å². The Morgan fingerprint density at radius 1 is 1.05 bits per heavy atom. The first-order valence-electron chi connectivity index (χ1n) is 5.93. The van der Waals surface area contributed by atoms with Gasteiger partial charge in [-0.1, -0.05) is 54.6 Å². The molecule has 0 aromatic heterocycles. The van der Waals surface area contributed by atoms with Gasteiger partial charge in [0.15, 0.2) is 0 Å². The molecule has 3 N–H and O–H groups in total. The highest BCUT2D eigenvalue weighted by Gasteiger charge is 2.13. The predicted octanol–water partition coefficient (Wildman–Crippen LogP) is 2.19. The zero-order valence-electron chi connectivity index (χ0n) is 10.3. The fourth-order valence-corrected chi connectivity index (χ4v) is 1.85. The van der Waals surface area contributed by atoms with Gasteiger partial charge in [0.25, 0.3) is 0 Å². The van der Waals surface area contributed by atoms with Gasteiger partial charge in [0.05, 0.1) is 12.5 Å². The first-order valence-corrected chi connectivity index (χ1v) is 5.93. The Morgan fingerprint density at radius 3 is 2.21 bits per heavy atom. The van der Waals surface area contributed by atoms with Crippen molar-refractivity contribution in [2.45, 2.75) is 12.5 Å². The van der Waals surface area contributed by atoms with Crippen LogP contribution in [0.2, 0.25) is 0 Å². The van der Waals surface area contributed by atoms with E-state index in [1.165, 1.54) is 0 Å². The highest BCUT2D eigenvalue weighted by atomic mass is 16.7. The zero-order valence-corrected chi connectivity index (χ0v) is 10.3. The largest absolute Gasteiger partial charge is 0.388 e. The van der Waals surface area contributed by atoms with E-state index >= 15 is 0 Å². The van der Waals surface area contributed by atoms with Crippen LogP contribution < -0.4 is 5.90 Å². The molecule has 0 aliphatic heterocycles. The van der Waals surface area contributed by atoms with Crippen LogP contribution in [0.1, 0.15) is 18.1 Å². The van der Waals surface area contributed by atoms with Crippen LogP contribution in [0.25, 0.3) is 11.1 Å². The molecule has 0 amide bonds. The van der Waals surface area contributed by atoms with Crippen LogP contribution >= 0.6 is 0 Å². The molecule has 2 rings (SSSR count). The molecule has 19 heavy (non-hydrogen) atoms. The molecule has 0 fully saturated rings. The quantitative estimate of drug-likeness (QED) is 0.823. The molecule has 0 spiro atoms. The number of aliphatic hydroxyl groups is 1. The van der Waals surface area contributed by atoms with Crippen LogP contribution in [0.4, 0.5) is 0 Å². The highest BCUT2D eigenvalue weighted by molar-refractivity contribution is 5.70. The summed E-state index contributed by atoms with van der Waals surface area (Å²) in [6.45, 7) is 0. The molecule has 0 radical (unpaired) electrons. The van der Waals surface area contributed by atoms with Gasteiger partial charge >= 0.3 is 5.97 Å². The van der Waals surface area contributed by atoms with Crippen LogP contribution in [0.3, 0.4) is 0 Å². The van der Waals surface area contributed by atoms with Gasteiger partial charge in [-0.15, -0.1) is 0 Å². The average Bonchev–Trinajstić information content (AvgIpc) is 2.48. The molecule has 0 aliphatic carbocycles. The smallest absolute Gasteiger partial charge is 0.327 e. The van der Waals surface area contributed by atoms with Crippen molar-refractivity contribution in [3.05, 3.63) is 60.2 Å². The molecule has 4 nitrogen and oxygen atoms in total. The summed E-state index contributed by atoms with van der Waals surface area (Å²) in [7, 11) is 0. The van der Waals surface area contributed by atoms with Gasteiger partial charge < -0.3 is 9.94 Å². The molecule has 98 valence electrons. The average molecular weight is 257 g/mol. The van der Waals surface area contributed by atoms with Gasteiger partial charge in [-0.05, 0) is 16.7 Å². The Labute approximate surface area is 111 Å². The molecule has 4 heteroatoms. The number of carbonyl (C=O) groups is 1. The third kappa shape index (κ3) is 3.40. The van der Waals surface area contributed by atoms with Crippen molar-refractivity contribution in [3.63, 3.8) is 0 Å². The van der Waals surface area contributed by atoms with Crippen molar-refractivity contribution in [1.82, 2.24) is 0 Å². The third-order valence-electron chi connectivity index (χ3n) is 2.89. The SMILES string of the molecule is NOC(=O)CC(O)c1ccc(-c2ccccc2)cc1. The van der Waals surface area contributed by atoms with E-state index in [0.717, 1.165) is 11.1 Å². The third-order valence-corrected chi connectivity index (χ3v) is 2.89. The summed E-state index contributed by atoms with van der Waals surface area (Å²) in [5.41, 5.74) is 2.81. The second-order valence-corrected chi connectivity index (χ2v) is 4.20. The van der Waals surface area contributed by atoms with Crippen LogP contribution in [-0.2, 0) is 9.63 Å². The van der Waals surface area contributed by atoms with E-state index in [9.17, 15) is 9.90 Å². The summed E-state index contributed by atoms with van der Waals surface area (Å²) >= 11 is 0. The van der Waals surface area contributed by atoms with Crippen molar-refractivity contribution in [1.29, 1.82) is 0 Å². The van der Waals surface area contributed by atoms with Crippen molar-refractivity contribution in [2.75, 3.05) is 0 Å². The maximum atomic E-state index is 11.0. The molecule has 0 saturated heterocycles.